The predicted molar refractivity (Wildman–Crippen MR) is 62.2 cm³/mol. The van der Waals surface area contributed by atoms with Gasteiger partial charge in [0.15, 0.2) is 0 Å². The van der Waals surface area contributed by atoms with Crippen molar-refractivity contribution in [2.45, 2.75) is 52.1 Å². The number of hydrogen-bond donors (Lipinski definition) is 1. The first kappa shape index (κ1) is 12.0. The third kappa shape index (κ3) is 2.12. The van der Waals surface area contributed by atoms with Gasteiger partial charge in [-0.05, 0) is 45.6 Å². The molecule has 0 aromatic rings. The second-order valence-corrected chi connectivity index (χ2v) is 5.40. The lowest BCUT2D eigenvalue weighted by atomic mass is 9.85. The fourth-order valence-electron chi connectivity index (χ4n) is 2.15. The molecular formula is C12H26N2. The maximum Gasteiger partial charge on any atom is 0.0326 e. The van der Waals surface area contributed by atoms with Crippen LogP contribution in [0.5, 0.6) is 0 Å². The van der Waals surface area contributed by atoms with E-state index in [1.165, 1.54) is 12.8 Å². The topological polar surface area (TPSA) is 29.3 Å². The Morgan fingerprint density at radius 2 is 1.86 bits per heavy atom. The van der Waals surface area contributed by atoms with Gasteiger partial charge in [-0.3, -0.25) is 4.90 Å². The summed E-state index contributed by atoms with van der Waals surface area (Å²) in [6.07, 6.45) is 2.81. The quantitative estimate of drug-likeness (QED) is 0.733. The second-order valence-electron chi connectivity index (χ2n) is 5.40. The van der Waals surface area contributed by atoms with Crippen molar-refractivity contribution in [3.05, 3.63) is 0 Å². The molecule has 0 aromatic heterocycles. The van der Waals surface area contributed by atoms with Crippen LogP contribution in [0.1, 0.15) is 40.5 Å². The fourth-order valence-corrected chi connectivity index (χ4v) is 2.15. The highest BCUT2D eigenvalue weighted by Gasteiger charge is 2.39. The van der Waals surface area contributed by atoms with E-state index in [-0.39, 0.29) is 5.54 Å². The van der Waals surface area contributed by atoms with Crippen molar-refractivity contribution in [2.75, 3.05) is 13.6 Å². The molecule has 2 N–H and O–H groups in total. The lowest BCUT2D eigenvalue weighted by Crippen LogP contribution is -2.57. The zero-order chi connectivity index (χ0) is 10.9. The zero-order valence-corrected chi connectivity index (χ0v) is 10.4. The third-order valence-electron chi connectivity index (χ3n) is 4.38. The molecule has 2 atom stereocenters. The largest absolute Gasteiger partial charge is 0.329 e. The van der Waals surface area contributed by atoms with Gasteiger partial charge in [-0.15, -0.1) is 0 Å². The van der Waals surface area contributed by atoms with Crippen LogP contribution in [-0.2, 0) is 0 Å². The van der Waals surface area contributed by atoms with Crippen molar-refractivity contribution in [1.29, 1.82) is 0 Å². The van der Waals surface area contributed by atoms with E-state index in [4.69, 9.17) is 5.73 Å². The van der Waals surface area contributed by atoms with E-state index in [1.54, 1.807) is 0 Å². The van der Waals surface area contributed by atoms with Crippen LogP contribution in [-0.4, -0.2) is 30.1 Å². The number of rotatable bonds is 5. The van der Waals surface area contributed by atoms with Crippen molar-refractivity contribution in [3.8, 4) is 0 Å². The minimum absolute atomic E-state index is 0.155. The van der Waals surface area contributed by atoms with Gasteiger partial charge in [0.05, 0.1) is 0 Å². The summed E-state index contributed by atoms with van der Waals surface area (Å²) < 4.78 is 0. The SMILES string of the molecule is CC(C1CC1)N(C)C(C)(CN)C(C)C. The van der Waals surface area contributed by atoms with Crippen LogP contribution in [0, 0.1) is 11.8 Å². The molecule has 1 aliphatic carbocycles. The van der Waals surface area contributed by atoms with Gasteiger partial charge in [-0.2, -0.15) is 0 Å². The van der Waals surface area contributed by atoms with Crippen molar-refractivity contribution in [1.82, 2.24) is 4.90 Å². The van der Waals surface area contributed by atoms with Gasteiger partial charge in [0, 0.05) is 18.1 Å². The van der Waals surface area contributed by atoms with E-state index in [0.717, 1.165) is 12.5 Å². The Morgan fingerprint density at radius 3 is 2.14 bits per heavy atom. The molecule has 0 saturated heterocycles. The molecule has 0 radical (unpaired) electrons. The average Bonchev–Trinajstić information content (AvgIpc) is 2.97. The standard InChI is InChI=1S/C12H26N2/c1-9(2)12(4,8-13)14(5)10(3)11-6-7-11/h9-11H,6-8,13H2,1-5H3. The number of nitrogens with zero attached hydrogens (tertiary/aromatic N) is 1. The van der Waals surface area contributed by atoms with E-state index in [1.807, 2.05) is 0 Å². The summed E-state index contributed by atoms with van der Waals surface area (Å²) in [6, 6.07) is 0.686. The second kappa shape index (κ2) is 4.19. The zero-order valence-electron chi connectivity index (χ0n) is 10.4. The summed E-state index contributed by atoms with van der Waals surface area (Å²) in [4.78, 5) is 2.50. The Morgan fingerprint density at radius 1 is 1.36 bits per heavy atom. The predicted octanol–water partition coefficient (Wildman–Crippen LogP) is 2.09. The Kier molecular flexibility index (Phi) is 3.59. The normalized spacial score (nSPS) is 24.0. The molecule has 0 aliphatic heterocycles. The smallest absolute Gasteiger partial charge is 0.0326 e. The van der Waals surface area contributed by atoms with Gasteiger partial charge in [-0.1, -0.05) is 13.8 Å². The molecule has 0 amide bonds. The first-order chi connectivity index (χ1) is 6.43. The monoisotopic (exact) mass is 198 g/mol. The maximum atomic E-state index is 5.93. The molecule has 0 bridgehead atoms. The van der Waals surface area contributed by atoms with Crippen LogP contribution in [0.4, 0.5) is 0 Å². The van der Waals surface area contributed by atoms with Crippen molar-refractivity contribution < 1.29 is 0 Å². The highest BCUT2D eigenvalue weighted by molar-refractivity contribution is 4.95. The molecule has 1 saturated carbocycles. The summed E-state index contributed by atoms with van der Waals surface area (Å²) in [5.41, 5.74) is 6.08. The summed E-state index contributed by atoms with van der Waals surface area (Å²) >= 11 is 0. The summed E-state index contributed by atoms with van der Waals surface area (Å²) in [6.45, 7) is 9.91. The molecule has 1 rings (SSSR count). The molecule has 84 valence electrons. The molecule has 2 nitrogen and oxygen atoms in total. The minimum atomic E-state index is 0.155. The number of hydrogen-bond acceptors (Lipinski definition) is 2. The third-order valence-corrected chi connectivity index (χ3v) is 4.38. The Balaban J connectivity index is 2.66. The average molecular weight is 198 g/mol. The van der Waals surface area contributed by atoms with E-state index in [9.17, 15) is 0 Å². The molecule has 0 heterocycles. The van der Waals surface area contributed by atoms with E-state index in [2.05, 4.69) is 39.6 Å². The Hall–Kier alpha value is -0.0800. The van der Waals surface area contributed by atoms with Crippen LogP contribution in [0.15, 0.2) is 0 Å². The highest BCUT2D eigenvalue weighted by Crippen LogP contribution is 2.38. The van der Waals surface area contributed by atoms with E-state index in [0.29, 0.717) is 12.0 Å². The van der Waals surface area contributed by atoms with Gasteiger partial charge in [0.2, 0.25) is 0 Å². The van der Waals surface area contributed by atoms with Gasteiger partial charge < -0.3 is 5.73 Å². The Labute approximate surface area is 88.8 Å². The molecule has 2 unspecified atom stereocenters. The summed E-state index contributed by atoms with van der Waals surface area (Å²) in [7, 11) is 2.23. The van der Waals surface area contributed by atoms with Crippen LogP contribution >= 0.6 is 0 Å². The molecule has 0 aromatic carbocycles. The minimum Gasteiger partial charge on any atom is -0.329 e. The first-order valence-corrected chi connectivity index (χ1v) is 5.86. The highest BCUT2D eigenvalue weighted by atomic mass is 15.2. The molecule has 14 heavy (non-hydrogen) atoms. The van der Waals surface area contributed by atoms with Crippen LogP contribution in [0.3, 0.4) is 0 Å². The van der Waals surface area contributed by atoms with Crippen molar-refractivity contribution in [3.63, 3.8) is 0 Å². The number of likely N-dealkylation sites (N-methyl/N-ethyl adjacent to an activating group) is 1. The van der Waals surface area contributed by atoms with Gasteiger partial charge in [-0.25, -0.2) is 0 Å². The van der Waals surface area contributed by atoms with Gasteiger partial charge in [0.25, 0.3) is 0 Å². The van der Waals surface area contributed by atoms with Crippen LogP contribution < -0.4 is 5.73 Å². The number of nitrogens with two attached hydrogens (primary N) is 1. The van der Waals surface area contributed by atoms with Crippen molar-refractivity contribution in [2.24, 2.45) is 17.6 Å². The molecule has 2 heteroatoms. The van der Waals surface area contributed by atoms with Crippen LogP contribution in [0.2, 0.25) is 0 Å². The molecular weight excluding hydrogens is 172 g/mol. The van der Waals surface area contributed by atoms with Crippen molar-refractivity contribution >= 4 is 0 Å². The molecule has 1 aliphatic rings. The summed E-state index contributed by atoms with van der Waals surface area (Å²) in [5.74, 6) is 1.53. The lowest BCUT2D eigenvalue weighted by Gasteiger charge is -2.45. The van der Waals surface area contributed by atoms with Gasteiger partial charge in [0.1, 0.15) is 0 Å². The first-order valence-electron chi connectivity index (χ1n) is 5.86. The van der Waals surface area contributed by atoms with E-state index < -0.39 is 0 Å². The lowest BCUT2D eigenvalue weighted by molar-refractivity contribution is 0.0506. The molecule has 0 spiro atoms. The maximum absolute atomic E-state index is 5.93. The van der Waals surface area contributed by atoms with Crippen LogP contribution in [0.25, 0.3) is 0 Å². The van der Waals surface area contributed by atoms with Gasteiger partial charge >= 0.3 is 0 Å². The summed E-state index contributed by atoms with van der Waals surface area (Å²) in [5, 5.41) is 0. The van der Waals surface area contributed by atoms with E-state index >= 15 is 0 Å². The Bertz CT molecular complexity index is 187. The molecule has 1 fully saturated rings. The fraction of sp³-hybridized carbons (Fsp3) is 1.00.